The number of alkyl halides is 3. The molecule has 118 valence electrons. The lowest BCUT2D eigenvalue weighted by Gasteiger charge is -2.30. The third-order valence-corrected chi connectivity index (χ3v) is 3.85. The number of aromatic nitrogens is 3. The van der Waals surface area contributed by atoms with E-state index < -0.39 is 18.1 Å². The summed E-state index contributed by atoms with van der Waals surface area (Å²) in [6.45, 7) is 2.40. The summed E-state index contributed by atoms with van der Waals surface area (Å²) in [5.74, 6) is -0.0163. The fourth-order valence-corrected chi connectivity index (χ4v) is 2.88. The molecule has 1 aliphatic carbocycles. The van der Waals surface area contributed by atoms with Crippen molar-refractivity contribution >= 4 is 5.78 Å². The van der Waals surface area contributed by atoms with E-state index in [4.69, 9.17) is 4.52 Å². The summed E-state index contributed by atoms with van der Waals surface area (Å²) in [7, 11) is 0. The first-order chi connectivity index (χ1) is 10.2. The molecule has 0 spiro atoms. The smallest absolute Gasteiger partial charge is 0.355 e. The van der Waals surface area contributed by atoms with Gasteiger partial charge >= 0.3 is 6.18 Å². The molecule has 0 unspecified atom stereocenters. The van der Waals surface area contributed by atoms with Crippen LogP contribution in [0.4, 0.5) is 13.2 Å². The number of hydrogen-bond donors (Lipinski definition) is 0. The predicted molar refractivity (Wildman–Crippen MR) is 70.4 cm³/mol. The lowest BCUT2D eigenvalue weighted by atomic mass is 9.75. The van der Waals surface area contributed by atoms with Crippen molar-refractivity contribution in [2.45, 2.75) is 44.8 Å². The molecule has 0 bridgehead atoms. The molecule has 3 rings (SSSR count). The second-order valence-corrected chi connectivity index (χ2v) is 6.03. The molecule has 0 aliphatic heterocycles. The Bertz CT molecular complexity index is 715. The van der Waals surface area contributed by atoms with E-state index in [1.165, 1.54) is 12.3 Å². The van der Waals surface area contributed by atoms with Crippen molar-refractivity contribution in [1.29, 1.82) is 0 Å². The topological polar surface area (TPSA) is 60.9 Å². The number of halogens is 3. The lowest BCUT2D eigenvalue weighted by molar-refractivity contribution is -0.143. The minimum Gasteiger partial charge on any atom is -0.355 e. The molecule has 0 saturated heterocycles. The summed E-state index contributed by atoms with van der Waals surface area (Å²) < 4.78 is 44.4. The molecule has 2 heterocycles. The number of hydrogen-bond acceptors (Lipinski definition) is 4. The number of fused-ring (bicyclic) bond motifs is 1. The van der Waals surface area contributed by atoms with Crippen LogP contribution in [0.15, 0.2) is 16.8 Å². The van der Waals surface area contributed by atoms with Gasteiger partial charge in [-0.3, -0.25) is 9.48 Å². The van der Waals surface area contributed by atoms with E-state index in [0.29, 0.717) is 12.1 Å². The number of Topliss-reactive ketones (excluding diaryl/α,β-unsaturated/α-hetero) is 1. The monoisotopic (exact) mass is 313 g/mol. The Morgan fingerprint density at radius 1 is 1.41 bits per heavy atom. The van der Waals surface area contributed by atoms with Gasteiger partial charge in [0.25, 0.3) is 0 Å². The van der Waals surface area contributed by atoms with Crippen LogP contribution >= 0.6 is 0 Å². The van der Waals surface area contributed by atoms with Crippen molar-refractivity contribution in [1.82, 2.24) is 14.9 Å². The van der Waals surface area contributed by atoms with Crippen LogP contribution in [0.1, 0.15) is 42.7 Å². The maximum absolute atomic E-state index is 12.8. The molecule has 0 fully saturated rings. The highest BCUT2D eigenvalue weighted by Gasteiger charge is 2.41. The predicted octanol–water partition coefficient (Wildman–Crippen LogP) is 3.35. The van der Waals surface area contributed by atoms with Gasteiger partial charge in [-0.2, -0.15) is 18.3 Å². The van der Waals surface area contributed by atoms with Crippen LogP contribution in [0.3, 0.4) is 0 Å². The van der Waals surface area contributed by atoms with E-state index in [0.717, 1.165) is 4.68 Å². The van der Waals surface area contributed by atoms with Gasteiger partial charge in [0, 0.05) is 17.9 Å². The maximum Gasteiger partial charge on any atom is 0.408 e. The van der Waals surface area contributed by atoms with Gasteiger partial charge in [-0.25, -0.2) is 0 Å². The number of carbonyl (C=O) groups excluding carboxylic acids is 1. The second-order valence-electron chi connectivity index (χ2n) is 6.03. The van der Waals surface area contributed by atoms with Crippen molar-refractivity contribution < 1.29 is 22.5 Å². The summed E-state index contributed by atoms with van der Waals surface area (Å²) in [6.07, 6.45) is -2.30. The van der Waals surface area contributed by atoms with Gasteiger partial charge in [-0.15, -0.1) is 0 Å². The van der Waals surface area contributed by atoms with Crippen LogP contribution < -0.4 is 0 Å². The highest BCUT2D eigenvalue weighted by atomic mass is 19.4. The van der Waals surface area contributed by atoms with Gasteiger partial charge in [0.05, 0.1) is 17.5 Å². The summed E-state index contributed by atoms with van der Waals surface area (Å²) in [6, 6.07) is 1.48. The Morgan fingerprint density at radius 3 is 2.73 bits per heavy atom. The summed E-state index contributed by atoms with van der Waals surface area (Å²) in [5, 5.41) is 7.54. The Kier molecular flexibility index (Phi) is 3.15. The Balaban J connectivity index is 2.24. The summed E-state index contributed by atoms with van der Waals surface area (Å²) in [4.78, 5) is 12.3. The van der Waals surface area contributed by atoms with Crippen molar-refractivity contribution in [2.24, 2.45) is 0 Å². The van der Waals surface area contributed by atoms with E-state index in [1.54, 1.807) is 0 Å². The Morgan fingerprint density at radius 2 is 2.14 bits per heavy atom. The summed E-state index contributed by atoms with van der Waals surface area (Å²) in [5.41, 5.74) is 0.0963. The normalized spacial score (nSPS) is 17.6. The fraction of sp³-hybridized carbons (Fsp3) is 0.500. The van der Waals surface area contributed by atoms with E-state index in [9.17, 15) is 18.0 Å². The first kappa shape index (κ1) is 14.8. The highest BCUT2D eigenvalue weighted by molar-refractivity contribution is 6.03. The van der Waals surface area contributed by atoms with Gasteiger partial charge in [0.15, 0.2) is 11.5 Å². The minimum atomic E-state index is -4.42. The average Bonchev–Trinajstić information content (AvgIpc) is 2.99. The second kappa shape index (κ2) is 4.69. The van der Waals surface area contributed by atoms with E-state index in [1.807, 2.05) is 13.8 Å². The van der Waals surface area contributed by atoms with Gasteiger partial charge in [0.1, 0.15) is 12.2 Å². The SMILES string of the molecule is CC1(C)CCC(=O)c2c(-c3ccno3)nn(CC(F)(F)F)c21. The zero-order valence-corrected chi connectivity index (χ0v) is 12.1. The maximum atomic E-state index is 12.8. The van der Waals surface area contributed by atoms with Crippen LogP contribution in [0, 0.1) is 0 Å². The molecule has 0 saturated carbocycles. The third kappa shape index (κ3) is 2.42. The number of rotatable bonds is 2. The standard InChI is InChI=1S/C14H14F3N3O2/c1-13(2)5-3-8(21)10-11(9-4-6-18-22-9)19-20(12(10)13)7-14(15,16)17/h4,6H,3,5,7H2,1-2H3. The number of nitrogens with zero attached hydrogens (tertiary/aromatic N) is 3. The van der Waals surface area contributed by atoms with Crippen LogP contribution in [0.2, 0.25) is 0 Å². The minimum absolute atomic E-state index is 0.134. The molecule has 22 heavy (non-hydrogen) atoms. The molecule has 1 aliphatic rings. The molecule has 5 nitrogen and oxygen atoms in total. The molecule has 2 aromatic rings. The first-order valence-corrected chi connectivity index (χ1v) is 6.81. The fourth-order valence-electron chi connectivity index (χ4n) is 2.88. The molecule has 0 atom stereocenters. The van der Waals surface area contributed by atoms with Gasteiger partial charge < -0.3 is 4.52 Å². The molecule has 8 heteroatoms. The third-order valence-electron chi connectivity index (χ3n) is 3.85. The van der Waals surface area contributed by atoms with Crippen LogP contribution in [-0.4, -0.2) is 26.9 Å². The molecular formula is C14H14F3N3O2. The molecule has 0 N–H and O–H groups in total. The molecule has 0 aromatic carbocycles. The lowest BCUT2D eigenvalue weighted by Crippen LogP contribution is -2.32. The number of carbonyl (C=O) groups is 1. The van der Waals surface area contributed by atoms with Crippen LogP contribution in [-0.2, 0) is 12.0 Å². The Labute approximate surface area is 124 Å². The quantitative estimate of drug-likeness (QED) is 0.853. The molecular weight excluding hydrogens is 299 g/mol. The van der Waals surface area contributed by atoms with Crippen LogP contribution in [0.25, 0.3) is 11.5 Å². The van der Waals surface area contributed by atoms with Gasteiger partial charge in [-0.05, 0) is 6.42 Å². The zero-order valence-electron chi connectivity index (χ0n) is 12.1. The van der Waals surface area contributed by atoms with Crippen molar-refractivity contribution in [2.75, 3.05) is 0 Å². The van der Waals surface area contributed by atoms with Crippen molar-refractivity contribution in [3.63, 3.8) is 0 Å². The largest absolute Gasteiger partial charge is 0.408 e. The average molecular weight is 313 g/mol. The van der Waals surface area contributed by atoms with Crippen molar-refractivity contribution in [3.8, 4) is 11.5 Å². The molecule has 0 amide bonds. The Hall–Kier alpha value is -2.12. The summed E-state index contributed by atoms with van der Waals surface area (Å²) >= 11 is 0. The highest BCUT2D eigenvalue weighted by Crippen LogP contribution is 2.41. The zero-order chi connectivity index (χ0) is 16.1. The van der Waals surface area contributed by atoms with E-state index >= 15 is 0 Å². The molecule has 0 radical (unpaired) electrons. The van der Waals surface area contributed by atoms with E-state index in [-0.39, 0.29) is 29.2 Å². The number of ketones is 1. The molecule has 2 aromatic heterocycles. The first-order valence-electron chi connectivity index (χ1n) is 6.81. The van der Waals surface area contributed by atoms with E-state index in [2.05, 4.69) is 10.3 Å². The van der Waals surface area contributed by atoms with Gasteiger partial charge in [-0.1, -0.05) is 19.0 Å². The van der Waals surface area contributed by atoms with Crippen LogP contribution in [0.5, 0.6) is 0 Å². The van der Waals surface area contributed by atoms with Gasteiger partial charge in [0.2, 0.25) is 0 Å². The van der Waals surface area contributed by atoms with Crippen molar-refractivity contribution in [3.05, 3.63) is 23.5 Å².